The maximum atomic E-state index is 11.9. The van der Waals surface area contributed by atoms with E-state index in [-0.39, 0.29) is 5.38 Å². The average Bonchev–Trinajstić information content (AvgIpc) is 1.87. The van der Waals surface area contributed by atoms with E-state index in [1.807, 2.05) is 0 Å². The van der Waals surface area contributed by atoms with E-state index in [0.29, 0.717) is 6.42 Å². The van der Waals surface area contributed by atoms with E-state index in [1.54, 1.807) is 6.54 Å². The van der Waals surface area contributed by atoms with Crippen LogP contribution in [0.1, 0.15) is 6.42 Å². The molecule has 1 aliphatic heterocycles. The zero-order valence-corrected chi connectivity index (χ0v) is 4.45. The van der Waals surface area contributed by atoms with Crippen LogP contribution < -0.4 is 5.32 Å². The van der Waals surface area contributed by atoms with Gasteiger partial charge in [0.15, 0.2) is 6.30 Å². The molecule has 2 unspecified atom stereocenters. The van der Waals surface area contributed by atoms with Crippen molar-refractivity contribution in [1.29, 1.82) is 0 Å². The number of hydrogen-bond acceptors (Lipinski definition) is 1. The van der Waals surface area contributed by atoms with Crippen LogP contribution in [0.3, 0.4) is 0 Å². The van der Waals surface area contributed by atoms with Crippen LogP contribution in [0.5, 0.6) is 0 Å². The molecule has 0 spiro atoms. The van der Waals surface area contributed by atoms with Crippen LogP contribution in [0.15, 0.2) is 0 Å². The molecule has 1 N–H and O–H groups in total. The Morgan fingerprint density at radius 3 is 2.71 bits per heavy atom. The summed E-state index contributed by atoms with van der Waals surface area (Å²) in [7, 11) is 0. The van der Waals surface area contributed by atoms with Gasteiger partial charge in [-0.1, -0.05) is 0 Å². The van der Waals surface area contributed by atoms with Crippen molar-refractivity contribution in [3.63, 3.8) is 0 Å². The van der Waals surface area contributed by atoms with Gasteiger partial charge >= 0.3 is 0 Å². The van der Waals surface area contributed by atoms with Crippen molar-refractivity contribution in [3.8, 4) is 0 Å². The first-order chi connectivity index (χ1) is 3.29. The third-order valence-electron chi connectivity index (χ3n) is 0.890. The Bertz CT molecular complexity index is 60.7. The molecule has 0 saturated carbocycles. The second-order valence-corrected chi connectivity index (χ2v) is 2.11. The van der Waals surface area contributed by atoms with Gasteiger partial charge in [0.05, 0.1) is 5.38 Å². The molecular formula is C4H6ClFN. The molecule has 2 atom stereocenters. The van der Waals surface area contributed by atoms with Crippen LogP contribution in [0.25, 0.3) is 0 Å². The summed E-state index contributed by atoms with van der Waals surface area (Å²) in [5.41, 5.74) is 0. The van der Waals surface area contributed by atoms with Gasteiger partial charge in [-0.25, -0.2) is 4.39 Å². The molecule has 1 heterocycles. The quantitative estimate of drug-likeness (QED) is 0.374. The summed E-state index contributed by atoms with van der Waals surface area (Å²) in [5.74, 6) is 0. The summed E-state index contributed by atoms with van der Waals surface area (Å²) in [4.78, 5) is 0. The summed E-state index contributed by atoms with van der Waals surface area (Å²) in [6, 6.07) is 0. The first-order valence-corrected chi connectivity index (χ1v) is 2.60. The third-order valence-corrected chi connectivity index (χ3v) is 1.19. The van der Waals surface area contributed by atoms with Gasteiger partial charge in [0.25, 0.3) is 0 Å². The van der Waals surface area contributed by atoms with Crippen molar-refractivity contribution >= 4 is 11.6 Å². The highest BCUT2D eigenvalue weighted by molar-refractivity contribution is 6.21. The monoisotopic (exact) mass is 122 g/mol. The normalized spacial score (nSPS) is 42.0. The van der Waals surface area contributed by atoms with Gasteiger partial charge in [0.2, 0.25) is 0 Å². The van der Waals surface area contributed by atoms with E-state index in [1.165, 1.54) is 0 Å². The van der Waals surface area contributed by atoms with Gasteiger partial charge in [-0.15, -0.1) is 11.6 Å². The van der Waals surface area contributed by atoms with Crippen LogP contribution in [-0.2, 0) is 0 Å². The Morgan fingerprint density at radius 1 is 1.86 bits per heavy atom. The molecule has 1 saturated heterocycles. The van der Waals surface area contributed by atoms with E-state index < -0.39 is 6.30 Å². The van der Waals surface area contributed by atoms with Crippen molar-refractivity contribution < 1.29 is 4.39 Å². The van der Waals surface area contributed by atoms with E-state index in [2.05, 4.69) is 5.32 Å². The number of rotatable bonds is 0. The average molecular weight is 123 g/mol. The van der Waals surface area contributed by atoms with Crippen LogP contribution in [-0.4, -0.2) is 11.7 Å². The molecule has 0 aliphatic carbocycles. The summed E-state index contributed by atoms with van der Waals surface area (Å²) in [6.07, 6.45) is -0.510. The Hall–Kier alpha value is 0.180. The molecule has 0 aromatic heterocycles. The predicted octanol–water partition coefficient (Wildman–Crippen LogP) is 1.04. The van der Waals surface area contributed by atoms with Gasteiger partial charge < -0.3 is 0 Å². The predicted molar refractivity (Wildman–Crippen MR) is 26.6 cm³/mol. The lowest BCUT2D eigenvalue weighted by molar-refractivity contribution is 0.316. The fourth-order valence-electron chi connectivity index (χ4n) is 0.543. The van der Waals surface area contributed by atoms with Gasteiger partial charge in [0, 0.05) is 13.0 Å². The van der Waals surface area contributed by atoms with Gasteiger partial charge in [-0.05, 0) is 0 Å². The lowest BCUT2D eigenvalue weighted by Crippen LogP contribution is -2.11. The minimum Gasteiger partial charge on any atom is -0.282 e. The lowest BCUT2D eigenvalue weighted by Gasteiger charge is -1.90. The smallest absolute Gasteiger partial charge is 0.152 e. The lowest BCUT2D eigenvalue weighted by atomic mass is 10.4. The molecule has 0 aromatic rings. The minimum absolute atomic E-state index is 0.116. The molecule has 0 bridgehead atoms. The maximum absolute atomic E-state index is 11.9. The Labute approximate surface area is 46.8 Å². The molecule has 3 heteroatoms. The fraction of sp³-hybridized carbons (Fsp3) is 0.750. The Morgan fingerprint density at radius 2 is 2.57 bits per heavy atom. The van der Waals surface area contributed by atoms with Crippen molar-refractivity contribution in [2.45, 2.75) is 18.1 Å². The number of nitrogens with one attached hydrogen (secondary N) is 1. The van der Waals surface area contributed by atoms with Gasteiger partial charge in [-0.3, -0.25) is 5.32 Å². The number of halogens is 2. The third kappa shape index (κ3) is 1.28. The Kier molecular flexibility index (Phi) is 1.50. The molecule has 1 rings (SSSR count). The van der Waals surface area contributed by atoms with Gasteiger partial charge in [0.1, 0.15) is 0 Å². The van der Waals surface area contributed by atoms with Crippen molar-refractivity contribution in [3.05, 3.63) is 6.54 Å². The highest BCUT2D eigenvalue weighted by Crippen LogP contribution is 2.15. The zero-order valence-electron chi connectivity index (χ0n) is 3.70. The van der Waals surface area contributed by atoms with Crippen molar-refractivity contribution in [2.75, 3.05) is 0 Å². The standard InChI is InChI=1S/C4H6ClFN/c5-3-1-4(6)7-2-3/h2-4,7H,1H2. The van der Waals surface area contributed by atoms with Crippen LogP contribution >= 0.6 is 11.6 Å². The molecular weight excluding hydrogens is 117 g/mol. The summed E-state index contributed by atoms with van der Waals surface area (Å²) >= 11 is 5.45. The summed E-state index contributed by atoms with van der Waals surface area (Å²) in [6.45, 7) is 1.56. The molecule has 0 amide bonds. The first-order valence-electron chi connectivity index (χ1n) is 2.16. The molecule has 1 nitrogen and oxygen atoms in total. The summed E-state index contributed by atoms with van der Waals surface area (Å²) in [5, 5.41) is 2.33. The molecule has 0 aromatic carbocycles. The molecule has 1 fully saturated rings. The van der Waals surface area contributed by atoms with Gasteiger partial charge in [-0.2, -0.15) is 0 Å². The molecule has 1 radical (unpaired) electrons. The second kappa shape index (κ2) is 1.97. The van der Waals surface area contributed by atoms with E-state index in [9.17, 15) is 4.39 Å². The molecule has 1 aliphatic rings. The highest BCUT2D eigenvalue weighted by atomic mass is 35.5. The Balaban J connectivity index is 2.26. The zero-order chi connectivity index (χ0) is 5.28. The molecule has 7 heavy (non-hydrogen) atoms. The minimum atomic E-state index is -0.914. The largest absolute Gasteiger partial charge is 0.282 e. The van der Waals surface area contributed by atoms with E-state index in [0.717, 1.165) is 0 Å². The highest BCUT2D eigenvalue weighted by Gasteiger charge is 2.20. The van der Waals surface area contributed by atoms with Crippen LogP contribution in [0, 0.1) is 6.54 Å². The second-order valence-electron chi connectivity index (χ2n) is 1.55. The van der Waals surface area contributed by atoms with E-state index >= 15 is 0 Å². The van der Waals surface area contributed by atoms with Crippen molar-refractivity contribution in [2.24, 2.45) is 0 Å². The fourth-order valence-corrected chi connectivity index (χ4v) is 0.772. The van der Waals surface area contributed by atoms with E-state index in [4.69, 9.17) is 11.6 Å². The topological polar surface area (TPSA) is 12.0 Å². The van der Waals surface area contributed by atoms with Crippen molar-refractivity contribution in [1.82, 2.24) is 5.32 Å². The summed E-state index contributed by atoms with van der Waals surface area (Å²) < 4.78 is 11.9. The maximum Gasteiger partial charge on any atom is 0.152 e. The first kappa shape index (κ1) is 5.32. The number of hydrogen-bond donors (Lipinski definition) is 1. The van der Waals surface area contributed by atoms with Crippen LogP contribution in [0.2, 0.25) is 0 Å². The van der Waals surface area contributed by atoms with Crippen LogP contribution in [0.4, 0.5) is 4.39 Å². The number of alkyl halides is 2. The SMILES string of the molecule is FC1CC(Cl)[CH]N1. The molecule has 41 valence electrons.